The van der Waals surface area contributed by atoms with Crippen LogP contribution in [0.4, 0.5) is 24.7 Å². The quantitative estimate of drug-likeness (QED) is 0.648. The van der Waals surface area contributed by atoms with Crippen molar-refractivity contribution in [2.45, 2.75) is 25.1 Å². The van der Waals surface area contributed by atoms with Gasteiger partial charge in [-0.15, -0.1) is 0 Å². The number of nitrogens with one attached hydrogen (secondary N) is 2. The van der Waals surface area contributed by atoms with E-state index in [0.29, 0.717) is 17.3 Å². The fourth-order valence-electron chi connectivity index (χ4n) is 2.72. The summed E-state index contributed by atoms with van der Waals surface area (Å²) in [5, 5.41) is 5.84. The number of rotatable bonds is 5. The second kappa shape index (κ2) is 7.54. The lowest BCUT2D eigenvalue weighted by atomic mass is 10.2. The van der Waals surface area contributed by atoms with Crippen LogP contribution in [0.3, 0.4) is 0 Å². The van der Waals surface area contributed by atoms with Crippen LogP contribution in [0.15, 0.2) is 60.7 Å². The number of aromatic nitrogens is 2. The normalized spacial score (nSPS) is 13.8. The minimum absolute atomic E-state index is 0.170. The Bertz CT molecular complexity index is 1020. The highest BCUT2D eigenvalue weighted by Crippen LogP contribution is 2.30. The van der Waals surface area contributed by atoms with Crippen molar-refractivity contribution < 1.29 is 18.0 Å². The molecule has 1 saturated carbocycles. The molecule has 4 rings (SSSR count). The van der Waals surface area contributed by atoms with Gasteiger partial charge in [0.25, 0.3) is 5.91 Å². The highest BCUT2D eigenvalue weighted by Gasteiger charge is 2.30. The zero-order chi connectivity index (χ0) is 20.4. The number of carbonyl (C=O) groups excluding carboxylic acids is 1. The number of hydrogen-bond donors (Lipinski definition) is 2. The smallest absolute Gasteiger partial charge is 0.348 e. The molecule has 5 nitrogen and oxygen atoms in total. The van der Waals surface area contributed by atoms with Crippen LogP contribution in [-0.2, 0) is 6.18 Å². The molecule has 0 spiro atoms. The first-order valence-electron chi connectivity index (χ1n) is 9.08. The lowest BCUT2D eigenvalue weighted by Crippen LogP contribution is -2.26. The first-order valence-corrected chi connectivity index (χ1v) is 9.08. The Morgan fingerprint density at radius 2 is 1.66 bits per heavy atom. The molecule has 1 aromatic heterocycles. The summed E-state index contributed by atoms with van der Waals surface area (Å²) in [6, 6.07) is 15.4. The van der Waals surface area contributed by atoms with Gasteiger partial charge in [0.05, 0.1) is 5.56 Å². The van der Waals surface area contributed by atoms with Crippen molar-refractivity contribution in [1.29, 1.82) is 0 Å². The molecule has 2 aromatic carbocycles. The molecule has 8 heteroatoms. The summed E-state index contributed by atoms with van der Waals surface area (Å²) in [4.78, 5) is 21.3. The van der Waals surface area contributed by atoms with E-state index in [4.69, 9.17) is 0 Å². The summed E-state index contributed by atoms with van der Waals surface area (Å²) in [7, 11) is 0. The van der Waals surface area contributed by atoms with Gasteiger partial charge in [-0.3, -0.25) is 4.79 Å². The van der Waals surface area contributed by atoms with E-state index >= 15 is 0 Å². The molecule has 0 aliphatic heterocycles. The summed E-state index contributed by atoms with van der Waals surface area (Å²) >= 11 is 0. The van der Waals surface area contributed by atoms with Gasteiger partial charge in [0.1, 0.15) is 11.5 Å². The zero-order valence-corrected chi connectivity index (χ0v) is 15.2. The minimum Gasteiger partial charge on any atom is -0.348 e. The lowest BCUT2D eigenvalue weighted by Gasteiger charge is -2.12. The predicted octanol–water partition coefficient (Wildman–Crippen LogP) is 4.80. The highest BCUT2D eigenvalue weighted by atomic mass is 19.4. The Morgan fingerprint density at radius 3 is 2.28 bits per heavy atom. The van der Waals surface area contributed by atoms with E-state index in [0.717, 1.165) is 30.5 Å². The predicted molar refractivity (Wildman–Crippen MR) is 103 cm³/mol. The lowest BCUT2D eigenvalue weighted by molar-refractivity contribution is -0.137. The number of carbonyl (C=O) groups is 1. The maximum Gasteiger partial charge on any atom is 0.416 e. The fourth-order valence-corrected chi connectivity index (χ4v) is 2.72. The minimum atomic E-state index is -4.40. The molecule has 1 aliphatic carbocycles. The number of halogens is 3. The van der Waals surface area contributed by atoms with Crippen LogP contribution in [0.5, 0.6) is 0 Å². The van der Waals surface area contributed by atoms with Crippen LogP contribution in [0.25, 0.3) is 11.4 Å². The second-order valence-corrected chi connectivity index (χ2v) is 6.78. The molecule has 0 bridgehead atoms. The molecular formula is C21H17F3N4O. The topological polar surface area (TPSA) is 66.9 Å². The first kappa shape index (κ1) is 18.9. The molecule has 1 heterocycles. The van der Waals surface area contributed by atoms with Gasteiger partial charge in [-0.05, 0) is 37.1 Å². The molecule has 1 aliphatic rings. The van der Waals surface area contributed by atoms with Crippen molar-refractivity contribution in [3.05, 3.63) is 71.9 Å². The molecular weight excluding hydrogens is 381 g/mol. The molecule has 1 amide bonds. The Labute approximate surface area is 165 Å². The van der Waals surface area contributed by atoms with Crippen LogP contribution in [0.2, 0.25) is 0 Å². The van der Waals surface area contributed by atoms with Crippen LogP contribution in [0.1, 0.15) is 28.9 Å². The number of anilines is 2. The third-order valence-corrected chi connectivity index (χ3v) is 4.39. The fraction of sp³-hybridized carbons (Fsp3) is 0.190. The maximum atomic E-state index is 12.8. The van der Waals surface area contributed by atoms with Crippen molar-refractivity contribution >= 4 is 17.4 Å². The average Bonchev–Trinajstić information content (AvgIpc) is 3.52. The van der Waals surface area contributed by atoms with E-state index in [1.807, 2.05) is 30.3 Å². The van der Waals surface area contributed by atoms with Crippen molar-refractivity contribution in [2.24, 2.45) is 0 Å². The maximum absolute atomic E-state index is 12.8. The summed E-state index contributed by atoms with van der Waals surface area (Å²) in [5.74, 6) is 0.366. The van der Waals surface area contributed by atoms with E-state index < -0.39 is 11.7 Å². The number of amides is 1. The Morgan fingerprint density at radius 1 is 0.966 bits per heavy atom. The number of alkyl halides is 3. The summed E-state index contributed by atoms with van der Waals surface area (Å²) < 4.78 is 38.3. The molecule has 0 unspecified atom stereocenters. The van der Waals surface area contributed by atoms with Gasteiger partial charge in [0.15, 0.2) is 5.82 Å². The van der Waals surface area contributed by atoms with Gasteiger partial charge in [0.2, 0.25) is 0 Å². The van der Waals surface area contributed by atoms with Crippen molar-refractivity contribution in [2.75, 3.05) is 5.32 Å². The van der Waals surface area contributed by atoms with E-state index in [-0.39, 0.29) is 17.6 Å². The summed E-state index contributed by atoms with van der Waals surface area (Å²) in [6.07, 6.45) is -2.51. The van der Waals surface area contributed by atoms with Gasteiger partial charge in [-0.25, -0.2) is 9.97 Å². The molecule has 0 saturated heterocycles. The highest BCUT2D eigenvalue weighted by molar-refractivity contribution is 5.94. The number of benzene rings is 2. The Kier molecular flexibility index (Phi) is 4.92. The first-order chi connectivity index (χ1) is 13.9. The second-order valence-electron chi connectivity index (χ2n) is 6.78. The van der Waals surface area contributed by atoms with E-state index in [2.05, 4.69) is 20.6 Å². The van der Waals surface area contributed by atoms with E-state index in [1.165, 1.54) is 18.2 Å². The van der Waals surface area contributed by atoms with Crippen molar-refractivity contribution in [3.8, 4) is 11.4 Å². The van der Waals surface area contributed by atoms with Gasteiger partial charge in [0, 0.05) is 23.4 Å². The van der Waals surface area contributed by atoms with Crippen LogP contribution < -0.4 is 10.6 Å². The van der Waals surface area contributed by atoms with Crippen LogP contribution >= 0.6 is 0 Å². The number of hydrogen-bond acceptors (Lipinski definition) is 4. The van der Waals surface area contributed by atoms with Gasteiger partial charge >= 0.3 is 6.18 Å². The van der Waals surface area contributed by atoms with Crippen LogP contribution in [-0.4, -0.2) is 21.9 Å². The number of nitrogens with zero attached hydrogens (tertiary/aromatic N) is 2. The average molecular weight is 398 g/mol. The third kappa shape index (κ3) is 4.71. The summed E-state index contributed by atoms with van der Waals surface area (Å²) in [6.45, 7) is 0. The molecule has 3 aromatic rings. The standard InChI is InChI=1S/C21H17F3N4O/c22-21(23,24)14-6-8-15(9-7-14)25-18-12-17(20(29)26-16-10-11-16)27-19(28-18)13-4-2-1-3-5-13/h1-9,12,16H,10-11H2,(H,26,29)(H,25,27,28). The van der Waals surface area contributed by atoms with Crippen molar-refractivity contribution in [1.82, 2.24) is 15.3 Å². The SMILES string of the molecule is O=C(NC1CC1)c1cc(Nc2ccc(C(F)(F)F)cc2)nc(-c2ccccc2)n1. The van der Waals surface area contributed by atoms with Crippen LogP contribution in [0, 0.1) is 0 Å². The largest absolute Gasteiger partial charge is 0.416 e. The van der Waals surface area contributed by atoms with Gasteiger partial charge < -0.3 is 10.6 Å². The van der Waals surface area contributed by atoms with Crippen molar-refractivity contribution in [3.63, 3.8) is 0 Å². The molecule has 29 heavy (non-hydrogen) atoms. The molecule has 1 fully saturated rings. The Hall–Kier alpha value is -3.42. The van der Waals surface area contributed by atoms with E-state index in [1.54, 1.807) is 0 Å². The monoisotopic (exact) mass is 398 g/mol. The molecule has 2 N–H and O–H groups in total. The third-order valence-electron chi connectivity index (χ3n) is 4.39. The molecule has 0 radical (unpaired) electrons. The summed E-state index contributed by atoms with van der Waals surface area (Å²) in [5.41, 5.74) is 0.605. The zero-order valence-electron chi connectivity index (χ0n) is 15.2. The van der Waals surface area contributed by atoms with Gasteiger partial charge in [-0.2, -0.15) is 13.2 Å². The van der Waals surface area contributed by atoms with E-state index in [9.17, 15) is 18.0 Å². The molecule has 0 atom stereocenters. The molecule has 148 valence electrons. The van der Waals surface area contributed by atoms with Gasteiger partial charge in [-0.1, -0.05) is 30.3 Å². The Balaban J connectivity index is 1.65.